The van der Waals surface area contributed by atoms with Crippen LogP contribution in [-0.4, -0.2) is 23.4 Å². The normalized spacial score (nSPS) is 23.5. The van der Waals surface area contributed by atoms with Gasteiger partial charge in [0.2, 0.25) is 0 Å². The summed E-state index contributed by atoms with van der Waals surface area (Å²) in [6, 6.07) is 8.10. The Balaban J connectivity index is 1.84. The number of benzene rings is 1. The van der Waals surface area contributed by atoms with Crippen molar-refractivity contribution in [3.8, 4) is 5.75 Å². The quantitative estimate of drug-likeness (QED) is 0.833. The summed E-state index contributed by atoms with van der Waals surface area (Å²) in [6.07, 6.45) is 2.23. The van der Waals surface area contributed by atoms with Crippen LogP contribution in [0.25, 0.3) is 0 Å². The molecule has 0 radical (unpaired) electrons. The topological polar surface area (TPSA) is 46.1 Å². The molecule has 1 saturated heterocycles. The van der Waals surface area contributed by atoms with Crippen molar-refractivity contribution in [2.24, 2.45) is 0 Å². The maximum absolute atomic E-state index is 9.22. The van der Waals surface area contributed by atoms with Gasteiger partial charge in [-0.1, -0.05) is 0 Å². The van der Waals surface area contributed by atoms with E-state index in [9.17, 15) is 5.11 Å². The first-order chi connectivity index (χ1) is 8.05. The maximum atomic E-state index is 9.22. The second kappa shape index (κ2) is 5.07. The van der Waals surface area contributed by atoms with Crippen LogP contribution in [0.3, 0.4) is 0 Å². The molecule has 3 nitrogen and oxygen atoms in total. The summed E-state index contributed by atoms with van der Waals surface area (Å²) in [5, 5.41) is 11.6. The number of quaternary nitrogens is 1. The number of phenols is 1. The molecule has 0 unspecified atom stereocenters. The van der Waals surface area contributed by atoms with Crippen molar-refractivity contribution >= 4 is 0 Å². The van der Waals surface area contributed by atoms with E-state index in [0.717, 1.165) is 26.0 Å². The van der Waals surface area contributed by atoms with Gasteiger partial charge in [0.05, 0.1) is 18.2 Å². The third kappa shape index (κ3) is 3.72. The molecule has 1 aliphatic heterocycles. The Morgan fingerprint density at radius 2 is 2.06 bits per heavy atom. The first kappa shape index (κ1) is 12.4. The van der Waals surface area contributed by atoms with Crippen molar-refractivity contribution < 1.29 is 15.2 Å². The molecule has 94 valence electrons. The molecule has 3 heteroatoms. The summed E-state index contributed by atoms with van der Waals surface area (Å²) in [4.78, 5) is 0. The van der Waals surface area contributed by atoms with E-state index in [1.54, 1.807) is 12.1 Å². The van der Waals surface area contributed by atoms with Crippen LogP contribution in [0.2, 0.25) is 0 Å². The van der Waals surface area contributed by atoms with Gasteiger partial charge in [-0.25, -0.2) is 0 Å². The molecule has 1 aromatic rings. The molecule has 1 aromatic carbocycles. The van der Waals surface area contributed by atoms with Gasteiger partial charge in [0, 0.05) is 18.4 Å². The number of hydrogen-bond donors (Lipinski definition) is 2. The van der Waals surface area contributed by atoms with E-state index in [4.69, 9.17) is 4.74 Å². The minimum Gasteiger partial charge on any atom is -0.508 e. The van der Waals surface area contributed by atoms with E-state index in [0.29, 0.717) is 11.8 Å². The van der Waals surface area contributed by atoms with Crippen LogP contribution in [0.1, 0.15) is 32.3 Å². The standard InChI is InChI=1S/C14H21NO2/c1-14(2)9-12(7-8-17-14)15-10-11-3-5-13(16)6-4-11/h3-6,12,15-16H,7-10H2,1-2H3/p+1/t12-/m1/s1. The molecular weight excluding hydrogens is 214 g/mol. The van der Waals surface area contributed by atoms with Crippen molar-refractivity contribution in [3.63, 3.8) is 0 Å². The van der Waals surface area contributed by atoms with Crippen LogP contribution in [-0.2, 0) is 11.3 Å². The Morgan fingerprint density at radius 3 is 2.71 bits per heavy atom. The lowest BCUT2D eigenvalue weighted by atomic mass is 9.94. The van der Waals surface area contributed by atoms with E-state index < -0.39 is 0 Å². The second-order valence-electron chi connectivity index (χ2n) is 5.47. The molecule has 17 heavy (non-hydrogen) atoms. The molecule has 0 saturated carbocycles. The van der Waals surface area contributed by atoms with Crippen LogP contribution in [0.5, 0.6) is 5.75 Å². The van der Waals surface area contributed by atoms with Crippen LogP contribution in [0, 0.1) is 0 Å². The van der Waals surface area contributed by atoms with Crippen molar-refractivity contribution in [3.05, 3.63) is 29.8 Å². The molecule has 1 fully saturated rings. The van der Waals surface area contributed by atoms with Crippen molar-refractivity contribution in [1.29, 1.82) is 0 Å². The summed E-state index contributed by atoms with van der Waals surface area (Å²) < 4.78 is 5.71. The second-order valence-corrected chi connectivity index (χ2v) is 5.47. The average Bonchev–Trinajstić information content (AvgIpc) is 2.27. The molecule has 1 aliphatic rings. The smallest absolute Gasteiger partial charge is 0.115 e. The monoisotopic (exact) mass is 236 g/mol. The van der Waals surface area contributed by atoms with E-state index in [2.05, 4.69) is 19.2 Å². The molecule has 0 aromatic heterocycles. The summed E-state index contributed by atoms with van der Waals surface area (Å²) in [5.74, 6) is 0.334. The number of rotatable bonds is 3. The van der Waals surface area contributed by atoms with Crippen LogP contribution < -0.4 is 5.32 Å². The Kier molecular flexibility index (Phi) is 3.69. The number of nitrogens with two attached hydrogens (primary N) is 1. The SMILES string of the molecule is CC1(C)C[C@H]([NH2+]Cc2ccc(O)cc2)CCO1. The number of hydrogen-bond acceptors (Lipinski definition) is 2. The Labute approximate surface area is 103 Å². The zero-order valence-corrected chi connectivity index (χ0v) is 10.6. The highest BCUT2D eigenvalue weighted by Gasteiger charge is 2.30. The van der Waals surface area contributed by atoms with E-state index in [1.165, 1.54) is 5.56 Å². The fourth-order valence-corrected chi connectivity index (χ4v) is 2.41. The summed E-state index contributed by atoms with van der Waals surface area (Å²) in [7, 11) is 0. The van der Waals surface area contributed by atoms with E-state index in [-0.39, 0.29) is 5.60 Å². The summed E-state index contributed by atoms with van der Waals surface area (Å²) in [5.41, 5.74) is 1.28. The Morgan fingerprint density at radius 1 is 1.35 bits per heavy atom. The molecule has 1 heterocycles. The average molecular weight is 236 g/mol. The fraction of sp³-hybridized carbons (Fsp3) is 0.571. The molecule has 1 atom stereocenters. The first-order valence-electron chi connectivity index (χ1n) is 6.30. The lowest BCUT2D eigenvalue weighted by Crippen LogP contribution is -2.89. The van der Waals surface area contributed by atoms with Crippen LogP contribution in [0.15, 0.2) is 24.3 Å². The van der Waals surface area contributed by atoms with Gasteiger partial charge >= 0.3 is 0 Å². The Bertz CT molecular complexity index is 359. The molecule has 3 N–H and O–H groups in total. The zero-order chi connectivity index (χ0) is 12.3. The van der Waals surface area contributed by atoms with Crippen LogP contribution >= 0.6 is 0 Å². The van der Waals surface area contributed by atoms with Gasteiger partial charge in [-0.2, -0.15) is 0 Å². The predicted molar refractivity (Wildman–Crippen MR) is 66.8 cm³/mol. The lowest BCUT2D eigenvalue weighted by Gasteiger charge is -2.34. The predicted octanol–water partition coefficient (Wildman–Crippen LogP) is 1.41. The highest BCUT2D eigenvalue weighted by Crippen LogP contribution is 2.22. The van der Waals surface area contributed by atoms with Crippen molar-refractivity contribution in [2.45, 2.75) is 44.9 Å². The molecule has 0 bridgehead atoms. The van der Waals surface area contributed by atoms with Gasteiger partial charge in [0.15, 0.2) is 0 Å². The number of aromatic hydroxyl groups is 1. The maximum Gasteiger partial charge on any atom is 0.115 e. The zero-order valence-electron chi connectivity index (χ0n) is 10.6. The molecule has 0 aliphatic carbocycles. The van der Waals surface area contributed by atoms with Crippen molar-refractivity contribution in [2.75, 3.05) is 6.61 Å². The summed E-state index contributed by atoms with van der Waals surface area (Å²) in [6.45, 7) is 6.16. The minimum absolute atomic E-state index is 0.0222. The molecular formula is C14H22NO2+. The molecule has 0 spiro atoms. The van der Waals surface area contributed by atoms with Gasteiger partial charge in [-0.3, -0.25) is 0 Å². The fourth-order valence-electron chi connectivity index (χ4n) is 2.41. The number of ether oxygens (including phenoxy) is 1. The highest BCUT2D eigenvalue weighted by atomic mass is 16.5. The highest BCUT2D eigenvalue weighted by molar-refractivity contribution is 5.25. The Hall–Kier alpha value is -1.06. The van der Waals surface area contributed by atoms with Gasteiger partial charge < -0.3 is 15.2 Å². The van der Waals surface area contributed by atoms with Gasteiger partial charge in [0.1, 0.15) is 12.3 Å². The lowest BCUT2D eigenvalue weighted by molar-refractivity contribution is -0.709. The van der Waals surface area contributed by atoms with E-state index >= 15 is 0 Å². The number of phenolic OH excluding ortho intramolecular Hbond substituents is 1. The summed E-state index contributed by atoms with van der Waals surface area (Å²) >= 11 is 0. The molecule has 0 amide bonds. The van der Waals surface area contributed by atoms with E-state index in [1.807, 2.05) is 12.1 Å². The third-order valence-electron chi connectivity index (χ3n) is 3.36. The minimum atomic E-state index is 0.0222. The van der Waals surface area contributed by atoms with Crippen LogP contribution in [0.4, 0.5) is 0 Å². The van der Waals surface area contributed by atoms with Gasteiger partial charge in [-0.05, 0) is 38.1 Å². The van der Waals surface area contributed by atoms with Crippen molar-refractivity contribution in [1.82, 2.24) is 0 Å². The largest absolute Gasteiger partial charge is 0.508 e. The van der Waals surface area contributed by atoms with Gasteiger partial charge in [0.25, 0.3) is 0 Å². The first-order valence-corrected chi connectivity index (χ1v) is 6.30. The third-order valence-corrected chi connectivity index (χ3v) is 3.36. The molecule has 2 rings (SSSR count). The van der Waals surface area contributed by atoms with Gasteiger partial charge in [-0.15, -0.1) is 0 Å².